The molecule has 1 fully saturated rings. The highest BCUT2D eigenvalue weighted by molar-refractivity contribution is 5.95. The molecule has 5 nitrogen and oxygen atoms in total. The zero-order valence-corrected chi connectivity index (χ0v) is 13.6. The number of carbonyl (C=O) groups is 1. The molecule has 2 aromatic rings. The molecule has 0 radical (unpaired) electrons. The van der Waals surface area contributed by atoms with Crippen LogP contribution >= 0.6 is 0 Å². The number of benzene rings is 1. The SMILES string of the molecule is CC(CCn1cccn1)Nc1cccc(C(=O)N2CCCC2)c1. The molecule has 23 heavy (non-hydrogen) atoms. The Morgan fingerprint density at radius 2 is 2.13 bits per heavy atom. The molecule has 122 valence electrons. The van der Waals surface area contributed by atoms with E-state index < -0.39 is 0 Å². The summed E-state index contributed by atoms with van der Waals surface area (Å²) in [5, 5.41) is 7.69. The number of nitrogens with one attached hydrogen (secondary N) is 1. The Kier molecular flexibility index (Phi) is 4.95. The molecule has 3 rings (SSSR count). The second-order valence-electron chi connectivity index (χ2n) is 6.18. The number of aryl methyl sites for hydroxylation is 1. The first-order valence-electron chi connectivity index (χ1n) is 8.36. The summed E-state index contributed by atoms with van der Waals surface area (Å²) in [6.07, 6.45) is 6.99. The molecule has 1 unspecified atom stereocenters. The van der Waals surface area contributed by atoms with E-state index >= 15 is 0 Å². The second-order valence-corrected chi connectivity index (χ2v) is 6.18. The number of likely N-dealkylation sites (tertiary alicyclic amines) is 1. The van der Waals surface area contributed by atoms with Crippen LogP contribution in [0, 0.1) is 0 Å². The summed E-state index contributed by atoms with van der Waals surface area (Å²) in [5.74, 6) is 0.148. The average molecular weight is 312 g/mol. The van der Waals surface area contributed by atoms with Crippen molar-refractivity contribution in [1.82, 2.24) is 14.7 Å². The molecule has 1 aliphatic heterocycles. The molecule has 0 aliphatic carbocycles. The Balaban J connectivity index is 1.57. The van der Waals surface area contributed by atoms with Crippen molar-refractivity contribution >= 4 is 11.6 Å². The van der Waals surface area contributed by atoms with Crippen LogP contribution in [0.25, 0.3) is 0 Å². The molecular formula is C18H24N4O. The summed E-state index contributed by atoms with van der Waals surface area (Å²) in [4.78, 5) is 14.4. The molecule has 2 heterocycles. The average Bonchev–Trinajstić information content (AvgIpc) is 3.26. The van der Waals surface area contributed by atoms with Crippen molar-refractivity contribution in [2.75, 3.05) is 18.4 Å². The number of rotatable bonds is 6. The van der Waals surface area contributed by atoms with Crippen LogP contribution in [0.15, 0.2) is 42.7 Å². The van der Waals surface area contributed by atoms with Gasteiger partial charge in [-0.05, 0) is 50.5 Å². The summed E-state index contributed by atoms with van der Waals surface area (Å²) in [5.41, 5.74) is 1.78. The van der Waals surface area contributed by atoms with Gasteiger partial charge >= 0.3 is 0 Å². The van der Waals surface area contributed by atoms with Crippen LogP contribution in [0.5, 0.6) is 0 Å². The Hall–Kier alpha value is -2.30. The minimum absolute atomic E-state index is 0.148. The maximum Gasteiger partial charge on any atom is 0.253 e. The van der Waals surface area contributed by atoms with E-state index in [1.165, 1.54) is 0 Å². The van der Waals surface area contributed by atoms with Crippen molar-refractivity contribution < 1.29 is 4.79 Å². The van der Waals surface area contributed by atoms with Gasteiger partial charge in [0.2, 0.25) is 0 Å². The van der Waals surface area contributed by atoms with Gasteiger partial charge in [0.25, 0.3) is 5.91 Å². The van der Waals surface area contributed by atoms with E-state index in [1.807, 2.05) is 46.1 Å². The van der Waals surface area contributed by atoms with E-state index in [-0.39, 0.29) is 5.91 Å². The van der Waals surface area contributed by atoms with Crippen LogP contribution in [0.2, 0.25) is 0 Å². The fraction of sp³-hybridized carbons (Fsp3) is 0.444. The lowest BCUT2D eigenvalue weighted by atomic mass is 10.1. The predicted molar refractivity (Wildman–Crippen MR) is 91.5 cm³/mol. The lowest BCUT2D eigenvalue weighted by Gasteiger charge is -2.18. The standard InChI is InChI=1S/C18H24N4O/c1-15(8-13-22-12-5-9-19-22)20-17-7-4-6-16(14-17)18(23)21-10-2-3-11-21/h4-7,9,12,14-15,20H,2-3,8,10-11,13H2,1H3. The van der Waals surface area contributed by atoms with E-state index in [0.29, 0.717) is 6.04 Å². The van der Waals surface area contributed by atoms with Crippen LogP contribution in [-0.2, 0) is 6.54 Å². The normalized spacial score (nSPS) is 15.6. The number of anilines is 1. The predicted octanol–water partition coefficient (Wildman–Crippen LogP) is 3.01. The monoisotopic (exact) mass is 312 g/mol. The molecule has 1 aromatic carbocycles. The van der Waals surface area contributed by atoms with Crippen molar-refractivity contribution in [3.63, 3.8) is 0 Å². The third-order valence-electron chi connectivity index (χ3n) is 4.27. The molecule has 1 aromatic heterocycles. The Labute approximate surface area is 137 Å². The number of hydrogen-bond acceptors (Lipinski definition) is 3. The zero-order valence-electron chi connectivity index (χ0n) is 13.6. The lowest BCUT2D eigenvalue weighted by molar-refractivity contribution is 0.0793. The van der Waals surface area contributed by atoms with Crippen LogP contribution in [-0.4, -0.2) is 39.7 Å². The fourth-order valence-electron chi connectivity index (χ4n) is 2.96. The second kappa shape index (κ2) is 7.31. The number of hydrogen-bond donors (Lipinski definition) is 1. The molecule has 5 heteroatoms. The zero-order chi connectivity index (χ0) is 16.1. The van der Waals surface area contributed by atoms with E-state index in [2.05, 4.69) is 17.3 Å². The summed E-state index contributed by atoms with van der Waals surface area (Å²) in [7, 11) is 0. The van der Waals surface area contributed by atoms with Crippen LogP contribution in [0.3, 0.4) is 0 Å². The number of amides is 1. The Morgan fingerprint density at radius 1 is 1.30 bits per heavy atom. The van der Waals surface area contributed by atoms with Gasteiger partial charge in [0.1, 0.15) is 0 Å². The van der Waals surface area contributed by atoms with Crippen LogP contribution < -0.4 is 5.32 Å². The van der Waals surface area contributed by atoms with E-state index in [0.717, 1.165) is 50.1 Å². The highest BCUT2D eigenvalue weighted by Crippen LogP contribution is 2.17. The topological polar surface area (TPSA) is 50.2 Å². The highest BCUT2D eigenvalue weighted by atomic mass is 16.2. The number of aromatic nitrogens is 2. The third kappa shape index (κ3) is 4.12. The Bertz CT molecular complexity index is 632. The minimum atomic E-state index is 0.148. The molecule has 1 N–H and O–H groups in total. The molecule has 0 spiro atoms. The van der Waals surface area contributed by atoms with Gasteiger partial charge < -0.3 is 10.2 Å². The Morgan fingerprint density at radius 3 is 2.87 bits per heavy atom. The maximum atomic E-state index is 12.5. The van der Waals surface area contributed by atoms with E-state index in [4.69, 9.17) is 0 Å². The van der Waals surface area contributed by atoms with Gasteiger partial charge in [-0.25, -0.2) is 0 Å². The summed E-state index contributed by atoms with van der Waals surface area (Å²) in [6.45, 7) is 4.81. The quantitative estimate of drug-likeness (QED) is 0.892. The van der Waals surface area contributed by atoms with Crippen molar-refractivity contribution in [3.05, 3.63) is 48.3 Å². The van der Waals surface area contributed by atoms with Gasteiger partial charge in [0.05, 0.1) is 0 Å². The summed E-state index contributed by atoms with van der Waals surface area (Å²) in [6, 6.07) is 10.1. The smallest absolute Gasteiger partial charge is 0.253 e. The van der Waals surface area contributed by atoms with Crippen molar-refractivity contribution in [2.45, 2.75) is 38.8 Å². The third-order valence-corrected chi connectivity index (χ3v) is 4.27. The molecule has 1 amide bonds. The fourth-order valence-corrected chi connectivity index (χ4v) is 2.96. The van der Waals surface area contributed by atoms with Crippen molar-refractivity contribution in [2.24, 2.45) is 0 Å². The summed E-state index contributed by atoms with van der Waals surface area (Å²) < 4.78 is 1.94. The molecule has 1 atom stereocenters. The molecule has 0 bridgehead atoms. The highest BCUT2D eigenvalue weighted by Gasteiger charge is 2.19. The van der Waals surface area contributed by atoms with Gasteiger partial charge in [-0.1, -0.05) is 6.07 Å². The van der Waals surface area contributed by atoms with E-state index in [9.17, 15) is 4.79 Å². The number of nitrogens with zero attached hydrogens (tertiary/aromatic N) is 3. The van der Waals surface area contributed by atoms with Crippen molar-refractivity contribution in [3.8, 4) is 0 Å². The molecule has 1 aliphatic rings. The largest absolute Gasteiger partial charge is 0.383 e. The minimum Gasteiger partial charge on any atom is -0.383 e. The van der Waals surface area contributed by atoms with Gasteiger partial charge in [0.15, 0.2) is 0 Å². The first-order valence-corrected chi connectivity index (χ1v) is 8.36. The molecule has 0 saturated carbocycles. The maximum absolute atomic E-state index is 12.5. The van der Waals surface area contributed by atoms with Crippen LogP contribution in [0.1, 0.15) is 36.5 Å². The van der Waals surface area contributed by atoms with Crippen molar-refractivity contribution in [1.29, 1.82) is 0 Å². The van der Waals surface area contributed by atoms with Gasteiger partial charge in [0, 0.05) is 49.3 Å². The van der Waals surface area contributed by atoms with Gasteiger partial charge in [-0.2, -0.15) is 5.10 Å². The molecular weight excluding hydrogens is 288 g/mol. The van der Waals surface area contributed by atoms with Gasteiger partial charge in [-0.15, -0.1) is 0 Å². The summed E-state index contributed by atoms with van der Waals surface area (Å²) >= 11 is 0. The first kappa shape index (κ1) is 15.6. The lowest BCUT2D eigenvalue weighted by Crippen LogP contribution is -2.27. The van der Waals surface area contributed by atoms with Gasteiger partial charge in [-0.3, -0.25) is 9.48 Å². The first-order chi connectivity index (χ1) is 11.2. The molecule has 1 saturated heterocycles. The number of carbonyl (C=O) groups excluding carboxylic acids is 1. The van der Waals surface area contributed by atoms with Crippen LogP contribution in [0.4, 0.5) is 5.69 Å². The van der Waals surface area contributed by atoms with E-state index in [1.54, 1.807) is 6.20 Å².